The number of hydrogen-bond acceptors (Lipinski definition) is 2. The van der Waals surface area contributed by atoms with Crippen LogP contribution in [0.15, 0.2) is 24.3 Å². The van der Waals surface area contributed by atoms with Crippen molar-refractivity contribution in [3.05, 3.63) is 34.9 Å². The van der Waals surface area contributed by atoms with Gasteiger partial charge >= 0.3 is 0 Å². The van der Waals surface area contributed by atoms with Crippen molar-refractivity contribution in [2.24, 2.45) is 5.41 Å². The molecule has 0 aliphatic heterocycles. The molecule has 1 aromatic carbocycles. The molecule has 4 heteroatoms. The summed E-state index contributed by atoms with van der Waals surface area (Å²) < 4.78 is 5.51. The van der Waals surface area contributed by atoms with Gasteiger partial charge in [0.2, 0.25) is 0 Å². The van der Waals surface area contributed by atoms with E-state index in [4.69, 9.17) is 16.3 Å². The van der Waals surface area contributed by atoms with Crippen molar-refractivity contribution in [3.8, 4) is 0 Å². The minimum Gasteiger partial charge on any atom is -0.361 e. The van der Waals surface area contributed by atoms with E-state index in [-0.39, 0.29) is 17.6 Å². The molecule has 0 spiro atoms. The smallest absolute Gasteiger partial charge is 0.257 e. The largest absolute Gasteiger partial charge is 0.361 e. The highest BCUT2D eigenvalue weighted by molar-refractivity contribution is 6.33. The number of halogens is 1. The Labute approximate surface area is 120 Å². The Morgan fingerprint density at radius 1 is 1.37 bits per heavy atom. The fourth-order valence-corrected chi connectivity index (χ4v) is 2.37. The number of carbonyl (C=O) groups excluding carboxylic acids is 1. The van der Waals surface area contributed by atoms with Crippen LogP contribution in [0.2, 0.25) is 5.02 Å². The van der Waals surface area contributed by atoms with E-state index in [1.165, 1.54) is 0 Å². The summed E-state index contributed by atoms with van der Waals surface area (Å²) >= 11 is 6.09. The lowest BCUT2D eigenvalue weighted by Gasteiger charge is -2.38. The first kappa shape index (κ1) is 16.0. The maximum Gasteiger partial charge on any atom is 0.257 e. The van der Waals surface area contributed by atoms with Gasteiger partial charge in [0, 0.05) is 19.1 Å². The van der Waals surface area contributed by atoms with Crippen molar-refractivity contribution < 1.29 is 9.53 Å². The molecule has 19 heavy (non-hydrogen) atoms. The van der Waals surface area contributed by atoms with Crippen LogP contribution >= 0.6 is 11.6 Å². The van der Waals surface area contributed by atoms with E-state index in [9.17, 15) is 4.79 Å². The molecule has 1 unspecified atom stereocenters. The first-order valence-corrected chi connectivity index (χ1v) is 6.79. The van der Waals surface area contributed by atoms with Gasteiger partial charge < -0.3 is 9.64 Å². The van der Waals surface area contributed by atoms with E-state index in [0.29, 0.717) is 17.1 Å². The molecule has 1 aromatic rings. The summed E-state index contributed by atoms with van der Waals surface area (Å²) in [5, 5.41) is 0.467. The summed E-state index contributed by atoms with van der Waals surface area (Å²) in [6.45, 7) is 8.64. The lowest BCUT2D eigenvalue weighted by Crippen LogP contribution is -2.48. The van der Waals surface area contributed by atoms with Gasteiger partial charge in [-0.25, -0.2) is 0 Å². The summed E-state index contributed by atoms with van der Waals surface area (Å²) in [5.41, 5.74) is 0.346. The lowest BCUT2D eigenvalue weighted by molar-refractivity contribution is -0.0792. The van der Waals surface area contributed by atoms with Gasteiger partial charge in [0.05, 0.1) is 10.6 Å². The zero-order chi connectivity index (χ0) is 14.6. The molecule has 0 N–H and O–H groups in total. The molecule has 0 saturated carbocycles. The third-order valence-electron chi connectivity index (χ3n) is 2.95. The highest BCUT2D eigenvalue weighted by Crippen LogP contribution is 2.27. The molecular formula is C15H22ClNO2. The summed E-state index contributed by atoms with van der Waals surface area (Å²) in [4.78, 5) is 14.3. The molecule has 0 heterocycles. The molecule has 0 aromatic heterocycles. The monoisotopic (exact) mass is 283 g/mol. The van der Waals surface area contributed by atoms with Crippen LogP contribution in [0, 0.1) is 5.41 Å². The average Bonchev–Trinajstić information content (AvgIpc) is 2.34. The molecule has 0 aliphatic carbocycles. The molecule has 1 atom stereocenters. The Bertz CT molecular complexity index is 440. The van der Waals surface area contributed by atoms with E-state index in [0.717, 1.165) is 0 Å². The van der Waals surface area contributed by atoms with Gasteiger partial charge in [0.1, 0.15) is 6.23 Å². The first-order valence-electron chi connectivity index (χ1n) is 6.41. The molecule has 0 aliphatic rings. The topological polar surface area (TPSA) is 29.5 Å². The van der Waals surface area contributed by atoms with Crippen molar-refractivity contribution in [1.82, 2.24) is 4.90 Å². The molecule has 106 valence electrons. The van der Waals surface area contributed by atoms with Crippen LogP contribution in [-0.2, 0) is 4.74 Å². The van der Waals surface area contributed by atoms with Gasteiger partial charge in [-0.1, -0.05) is 44.5 Å². The molecule has 1 amide bonds. The van der Waals surface area contributed by atoms with E-state index in [1.54, 1.807) is 24.1 Å². The highest BCUT2D eigenvalue weighted by atomic mass is 35.5. The van der Waals surface area contributed by atoms with Gasteiger partial charge in [0.25, 0.3) is 5.91 Å². The normalized spacial score (nSPS) is 13.2. The van der Waals surface area contributed by atoms with Crippen LogP contribution in [-0.4, -0.2) is 30.7 Å². The zero-order valence-electron chi connectivity index (χ0n) is 12.2. The van der Waals surface area contributed by atoms with Gasteiger partial charge in [0.15, 0.2) is 0 Å². The van der Waals surface area contributed by atoms with Crippen molar-refractivity contribution in [1.29, 1.82) is 0 Å². The van der Waals surface area contributed by atoms with Crippen molar-refractivity contribution in [3.63, 3.8) is 0 Å². The minimum atomic E-state index is -0.290. The van der Waals surface area contributed by atoms with E-state index < -0.39 is 0 Å². The Morgan fingerprint density at radius 3 is 2.37 bits per heavy atom. The predicted octanol–water partition coefficient (Wildman–Crippen LogP) is 3.82. The lowest BCUT2D eigenvalue weighted by atomic mass is 9.92. The standard InChI is InChI=1S/C15H22ClNO2/c1-6-17(14(19-5)15(2,3)4)13(18)11-9-7-8-10-12(11)16/h7-10,14H,6H2,1-5H3. The molecule has 0 bridgehead atoms. The van der Waals surface area contributed by atoms with E-state index >= 15 is 0 Å². The Kier molecular flexibility index (Phi) is 5.39. The van der Waals surface area contributed by atoms with Gasteiger partial charge in [-0.05, 0) is 19.1 Å². The molecule has 3 nitrogen and oxygen atoms in total. The molecule has 1 rings (SSSR count). The molecular weight excluding hydrogens is 262 g/mol. The van der Waals surface area contributed by atoms with Crippen LogP contribution in [0.4, 0.5) is 0 Å². The Hall–Kier alpha value is -1.06. The number of hydrogen-bond donors (Lipinski definition) is 0. The maximum atomic E-state index is 12.6. The Balaban J connectivity index is 3.10. The highest BCUT2D eigenvalue weighted by Gasteiger charge is 2.33. The van der Waals surface area contributed by atoms with Gasteiger partial charge in [-0.15, -0.1) is 0 Å². The number of rotatable bonds is 4. The van der Waals surface area contributed by atoms with Crippen LogP contribution in [0.3, 0.4) is 0 Å². The predicted molar refractivity (Wildman–Crippen MR) is 78.4 cm³/mol. The number of amides is 1. The van der Waals surface area contributed by atoms with E-state index in [1.807, 2.05) is 39.8 Å². The third-order valence-corrected chi connectivity index (χ3v) is 3.28. The summed E-state index contributed by atoms with van der Waals surface area (Å²) in [7, 11) is 1.62. The first-order chi connectivity index (χ1) is 8.82. The maximum absolute atomic E-state index is 12.6. The number of carbonyl (C=O) groups is 1. The summed E-state index contributed by atoms with van der Waals surface area (Å²) in [5.74, 6) is -0.102. The zero-order valence-corrected chi connectivity index (χ0v) is 13.0. The van der Waals surface area contributed by atoms with Crippen LogP contribution in [0.1, 0.15) is 38.1 Å². The van der Waals surface area contributed by atoms with Crippen molar-refractivity contribution in [2.75, 3.05) is 13.7 Å². The average molecular weight is 284 g/mol. The number of methoxy groups -OCH3 is 1. The Morgan fingerprint density at radius 2 is 1.95 bits per heavy atom. The molecule has 0 fully saturated rings. The summed E-state index contributed by atoms with van der Waals surface area (Å²) in [6.07, 6.45) is -0.290. The second-order valence-corrected chi connectivity index (χ2v) is 5.93. The molecule has 0 saturated heterocycles. The number of nitrogens with zero attached hydrogens (tertiary/aromatic N) is 1. The molecule has 0 radical (unpaired) electrons. The summed E-state index contributed by atoms with van der Waals surface area (Å²) in [6, 6.07) is 7.09. The second-order valence-electron chi connectivity index (χ2n) is 5.53. The number of ether oxygens (including phenoxy) is 1. The van der Waals surface area contributed by atoms with Crippen molar-refractivity contribution in [2.45, 2.75) is 33.9 Å². The van der Waals surface area contributed by atoms with Crippen LogP contribution in [0.5, 0.6) is 0 Å². The van der Waals surface area contributed by atoms with Gasteiger partial charge in [-0.2, -0.15) is 0 Å². The van der Waals surface area contributed by atoms with Gasteiger partial charge in [-0.3, -0.25) is 4.79 Å². The fraction of sp³-hybridized carbons (Fsp3) is 0.533. The van der Waals surface area contributed by atoms with Crippen LogP contribution in [0.25, 0.3) is 0 Å². The quantitative estimate of drug-likeness (QED) is 0.786. The number of benzene rings is 1. The van der Waals surface area contributed by atoms with E-state index in [2.05, 4.69) is 0 Å². The fourth-order valence-electron chi connectivity index (χ4n) is 2.15. The second kappa shape index (κ2) is 6.40. The van der Waals surface area contributed by atoms with Crippen LogP contribution < -0.4 is 0 Å². The minimum absolute atomic E-state index is 0.102. The third kappa shape index (κ3) is 3.71. The van der Waals surface area contributed by atoms with Crippen molar-refractivity contribution >= 4 is 17.5 Å². The SMILES string of the molecule is CCN(C(=O)c1ccccc1Cl)C(OC)C(C)(C)C.